The van der Waals surface area contributed by atoms with Crippen LogP contribution in [0.15, 0.2) is 315 Å². The summed E-state index contributed by atoms with van der Waals surface area (Å²) >= 11 is 0. The predicted molar refractivity (Wildman–Crippen MR) is 324 cm³/mol. The van der Waals surface area contributed by atoms with E-state index in [-0.39, 0.29) is 11.6 Å². The zero-order valence-corrected chi connectivity index (χ0v) is 43.2. The topological polar surface area (TPSA) is 40.6 Å². The summed E-state index contributed by atoms with van der Waals surface area (Å²) in [6.07, 6.45) is 0. The lowest BCUT2D eigenvalue weighted by molar-refractivity contribution is 0.103. The van der Waals surface area contributed by atoms with Gasteiger partial charge in [-0.3, -0.25) is 9.59 Å². The number of hydrogen-bond acceptors (Lipinski definition) is 4. The van der Waals surface area contributed by atoms with Crippen molar-refractivity contribution < 1.29 is 9.59 Å². The van der Waals surface area contributed by atoms with Crippen LogP contribution in [-0.4, -0.2) is 11.6 Å². The van der Waals surface area contributed by atoms with Gasteiger partial charge in [0.15, 0.2) is 11.6 Å². The molecule has 0 aliphatic heterocycles. The monoisotopic (exact) mass is 1010 g/mol. The number of rotatable bonds is 14. The van der Waals surface area contributed by atoms with Crippen molar-refractivity contribution in [2.75, 3.05) is 9.80 Å². The van der Waals surface area contributed by atoms with Gasteiger partial charge in [-0.1, -0.05) is 206 Å². The second-order valence-corrected chi connectivity index (χ2v) is 19.9. The molecule has 1 aliphatic carbocycles. The first-order valence-electron chi connectivity index (χ1n) is 26.7. The van der Waals surface area contributed by atoms with E-state index in [9.17, 15) is 0 Å². The molecular weight excluding hydrogens is 961 g/mol. The summed E-state index contributed by atoms with van der Waals surface area (Å²) in [5, 5.41) is 0. The van der Waals surface area contributed by atoms with Gasteiger partial charge < -0.3 is 9.80 Å². The molecule has 1 aliphatic rings. The maximum atomic E-state index is 15.3. The van der Waals surface area contributed by atoms with Crippen LogP contribution < -0.4 is 9.80 Å². The van der Waals surface area contributed by atoms with E-state index in [4.69, 9.17) is 0 Å². The van der Waals surface area contributed by atoms with E-state index < -0.39 is 5.41 Å². The van der Waals surface area contributed by atoms with E-state index in [1.54, 1.807) is 6.07 Å². The molecule has 0 fully saturated rings. The number of fused-ring (bicyclic) bond motifs is 3. The number of benzene rings is 12. The lowest BCUT2D eigenvalue weighted by Crippen LogP contribution is -2.30. The molecule has 0 heterocycles. The largest absolute Gasteiger partial charge is 0.310 e. The van der Waals surface area contributed by atoms with E-state index in [0.717, 1.165) is 89.8 Å². The fraction of sp³-hybridized carbons (Fsp3) is 0.0133. The van der Waals surface area contributed by atoms with Crippen molar-refractivity contribution in [3.63, 3.8) is 0 Å². The number of para-hydroxylation sites is 4. The van der Waals surface area contributed by atoms with Crippen LogP contribution in [0.1, 0.15) is 54.1 Å². The van der Waals surface area contributed by atoms with Crippen LogP contribution in [0, 0.1) is 0 Å². The fourth-order valence-corrected chi connectivity index (χ4v) is 11.6. The maximum absolute atomic E-state index is 15.3. The van der Waals surface area contributed by atoms with Gasteiger partial charge in [0.05, 0.1) is 5.41 Å². The second-order valence-electron chi connectivity index (χ2n) is 19.9. The highest BCUT2D eigenvalue weighted by atomic mass is 16.1. The Labute approximate surface area is 461 Å². The van der Waals surface area contributed by atoms with Gasteiger partial charge in [-0.25, -0.2) is 0 Å². The van der Waals surface area contributed by atoms with E-state index in [2.05, 4.69) is 234 Å². The molecule has 0 unspecified atom stereocenters. The lowest BCUT2D eigenvalue weighted by atomic mass is 9.66. The molecule has 79 heavy (non-hydrogen) atoms. The van der Waals surface area contributed by atoms with Crippen LogP contribution in [0.2, 0.25) is 0 Å². The molecule has 0 saturated carbocycles. The molecule has 12 aromatic carbocycles. The summed E-state index contributed by atoms with van der Waals surface area (Å²) in [5.41, 5.74) is 16.6. The van der Waals surface area contributed by atoms with Crippen LogP contribution >= 0.6 is 0 Å². The molecule has 374 valence electrons. The highest BCUT2D eigenvalue weighted by Gasteiger charge is 2.48. The third-order valence-electron chi connectivity index (χ3n) is 15.2. The molecule has 0 atom stereocenters. The summed E-state index contributed by atoms with van der Waals surface area (Å²) in [6.45, 7) is 0. The lowest BCUT2D eigenvalue weighted by Gasteiger charge is -2.37. The smallest absolute Gasteiger partial charge is 0.193 e. The molecular formula is C75H52N2O2. The number of anilines is 6. The van der Waals surface area contributed by atoms with Gasteiger partial charge in [0.25, 0.3) is 0 Å². The van der Waals surface area contributed by atoms with Crippen LogP contribution in [0.5, 0.6) is 0 Å². The second kappa shape index (κ2) is 21.0. The van der Waals surface area contributed by atoms with Gasteiger partial charge in [0.1, 0.15) is 0 Å². The van der Waals surface area contributed by atoms with Crippen molar-refractivity contribution in [3.8, 4) is 33.4 Å². The van der Waals surface area contributed by atoms with Crippen LogP contribution in [0.3, 0.4) is 0 Å². The van der Waals surface area contributed by atoms with Gasteiger partial charge in [-0.05, 0) is 165 Å². The molecule has 0 amide bonds. The zero-order valence-electron chi connectivity index (χ0n) is 43.2. The maximum Gasteiger partial charge on any atom is 0.193 e. The minimum atomic E-state index is -1.19. The Kier molecular flexibility index (Phi) is 12.8. The summed E-state index contributed by atoms with van der Waals surface area (Å²) in [6, 6.07) is 108. The minimum Gasteiger partial charge on any atom is -0.310 e. The molecule has 0 spiro atoms. The third-order valence-corrected chi connectivity index (χ3v) is 15.2. The van der Waals surface area contributed by atoms with Crippen molar-refractivity contribution >= 4 is 45.7 Å². The zero-order chi connectivity index (χ0) is 53.1. The molecule has 0 aromatic heterocycles. The predicted octanol–water partition coefficient (Wildman–Crippen LogP) is 18.8. The number of carbonyl (C=O) groups is 2. The van der Waals surface area contributed by atoms with E-state index in [1.807, 2.05) is 84.9 Å². The van der Waals surface area contributed by atoms with Crippen molar-refractivity contribution in [3.05, 3.63) is 360 Å². The fourth-order valence-electron chi connectivity index (χ4n) is 11.6. The summed E-state index contributed by atoms with van der Waals surface area (Å²) < 4.78 is 0. The van der Waals surface area contributed by atoms with Crippen molar-refractivity contribution in [2.45, 2.75) is 5.41 Å². The Hall–Kier alpha value is -10.4. The highest BCUT2D eigenvalue weighted by molar-refractivity contribution is 6.14. The molecule has 0 N–H and O–H groups in total. The highest BCUT2D eigenvalue weighted by Crippen LogP contribution is 2.59. The van der Waals surface area contributed by atoms with Crippen molar-refractivity contribution in [1.29, 1.82) is 0 Å². The SMILES string of the molecule is O=C(c1ccccc1)c1cc(C(=O)c2ccccc2)cc(C2(c3cc(-c4ccccc4)cc(-c4ccccc4)c3)c3cc(N(c4ccccc4)c4ccccc4)ccc3-c3ccc(N(c4ccccc4)c4ccccc4)cc32)c1. The molecule has 0 radical (unpaired) electrons. The summed E-state index contributed by atoms with van der Waals surface area (Å²) in [4.78, 5) is 35.3. The first-order chi connectivity index (χ1) is 39.0. The molecule has 13 rings (SSSR count). The van der Waals surface area contributed by atoms with Gasteiger partial charge in [-0.15, -0.1) is 0 Å². The van der Waals surface area contributed by atoms with Crippen molar-refractivity contribution in [1.82, 2.24) is 0 Å². The van der Waals surface area contributed by atoms with Crippen LogP contribution in [0.4, 0.5) is 34.1 Å². The molecule has 12 aromatic rings. The quantitative estimate of drug-likeness (QED) is 0.102. The van der Waals surface area contributed by atoms with E-state index in [0.29, 0.717) is 22.3 Å². The van der Waals surface area contributed by atoms with Crippen LogP contribution in [-0.2, 0) is 5.41 Å². The normalized spacial score (nSPS) is 12.0. The number of nitrogens with zero attached hydrogens (tertiary/aromatic N) is 2. The van der Waals surface area contributed by atoms with Gasteiger partial charge in [-0.2, -0.15) is 0 Å². The molecule has 0 bridgehead atoms. The molecule has 0 saturated heterocycles. The first kappa shape index (κ1) is 48.2. The first-order valence-corrected chi connectivity index (χ1v) is 26.7. The molecule has 4 nitrogen and oxygen atoms in total. The average Bonchev–Trinajstić information content (AvgIpc) is 3.43. The Balaban J connectivity index is 1.20. The minimum absolute atomic E-state index is 0.178. The number of carbonyl (C=O) groups excluding carboxylic acids is 2. The summed E-state index contributed by atoms with van der Waals surface area (Å²) in [5.74, 6) is -0.357. The number of ketones is 2. The third kappa shape index (κ3) is 9.01. The Morgan fingerprint density at radius 3 is 0.886 bits per heavy atom. The Morgan fingerprint density at radius 1 is 0.241 bits per heavy atom. The van der Waals surface area contributed by atoms with Crippen LogP contribution in [0.25, 0.3) is 33.4 Å². The number of hydrogen-bond donors (Lipinski definition) is 0. The average molecular weight is 1010 g/mol. The van der Waals surface area contributed by atoms with Gasteiger partial charge >= 0.3 is 0 Å². The molecule has 4 heteroatoms. The standard InChI is InChI=1S/C75H52N2O2/c78-73(55-29-13-3-14-30-55)59-46-60(74(79)56-31-15-4-16-32-56)50-62(49-59)75(61-47-57(53-25-9-1-10-26-53)45-58(48-61)54-27-11-2-12-28-54)71-51-67(76(63-33-17-5-18-34-63)64-35-19-6-20-36-64)41-43-69(71)70-44-42-68(52-72(70)75)77(65-37-21-7-22-38-65)66-39-23-8-24-40-66/h1-52H. The van der Waals surface area contributed by atoms with E-state index in [1.165, 1.54) is 0 Å². The summed E-state index contributed by atoms with van der Waals surface area (Å²) in [7, 11) is 0. The van der Waals surface area contributed by atoms with E-state index >= 15 is 9.59 Å². The Bertz CT molecular complexity index is 3800. The van der Waals surface area contributed by atoms with Gasteiger partial charge in [0.2, 0.25) is 0 Å². The van der Waals surface area contributed by atoms with Crippen molar-refractivity contribution in [2.24, 2.45) is 0 Å². The van der Waals surface area contributed by atoms with Gasteiger partial charge in [0, 0.05) is 56.4 Å². The Morgan fingerprint density at radius 2 is 0.544 bits per heavy atom.